The maximum Gasteiger partial charge on any atom is 0.389 e. The minimum absolute atomic E-state index is 0.253. The lowest BCUT2D eigenvalue weighted by atomic mass is 9.87. The van der Waals surface area contributed by atoms with Gasteiger partial charge in [0, 0.05) is 19.3 Å². The van der Waals surface area contributed by atoms with Gasteiger partial charge in [-0.2, -0.15) is 39.5 Å². The number of alkyl halides is 9. The van der Waals surface area contributed by atoms with E-state index in [1.165, 1.54) is 0 Å². The molecule has 11 heteroatoms. The summed E-state index contributed by atoms with van der Waals surface area (Å²) in [6.07, 6.45) is -21.2. The Morgan fingerprint density at radius 1 is 0.524 bits per heavy atom. The van der Waals surface area contributed by atoms with Gasteiger partial charge in [-0.15, -0.1) is 0 Å². The van der Waals surface area contributed by atoms with Crippen molar-refractivity contribution in [3.8, 4) is 0 Å². The summed E-state index contributed by atoms with van der Waals surface area (Å²) in [6.45, 7) is 0. The monoisotopic (exact) mass is 350 g/mol. The molecule has 0 heterocycles. The van der Waals surface area contributed by atoms with Crippen LogP contribution in [0.3, 0.4) is 0 Å². The van der Waals surface area contributed by atoms with Gasteiger partial charge in [0.15, 0.2) is 0 Å². The van der Waals surface area contributed by atoms with Crippen molar-refractivity contribution in [1.29, 1.82) is 0 Å². The Hall–Kier alpha value is -0.453. The molecule has 21 heavy (non-hydrogen) atoms. The minimum atomic E-state index is -4.66. The average Bonchev–Trinajstić information content (AvgIpc) is 2.25. The van der Waals surface area contributed by atoms with E-state index in [0.29, 0.717) is 0 Å². The van der Waals surface area contributed by atoms with Gasteiger partial charge in [-0.3, -0.25) is 0 Å². The van der Waals surface area contributed by atoms with Crippen LogP contribution in [-0.2, 0) is 4.43 Å². The largest absolute Gasteiger partial charge is 0.422 e. The number of halogens is 9. The molecule has 0 radical (unpaired) electrons. The standard InChI is InChI=1S/C10H15F9OSi/c11-8(12,13)4-1-7(20-21,2-5-9(14,15)16)3-6-10(17,18)19/h1-6H2,21H3. The molecular formula is C10H15F9OSi. The molecule has 1 nitrogen and oxygen atoms in total. The highest BCUT2D eigenvalue weighted by atomic mass is 28.2. The summed E-state index contributed by atoms with van der Waals surface area (Å²) in [5.74, 6) is 0. The molecule has 0 atom stereocenters. The molecule has 0 spiro atoms. The average molecular weight is 350 g/mol. The van der Waals surface area contributed by atoms with E-state index in [9.17, 15) is 39.5 Å². The first-order valence-electron chi connectivity index (χ1n) is 5.93. The highest BCUT2D eigenvalue weighted by Crippen LogP contribution is 2.38. The summed E-state index contributed by atoms with van der Waals surface area (Å²) < 4.78 is 114. The third-order valence-corrected chi connectivity index (χ3v) is 3.89. The molecular weight excluding hydrogens is 335 g/mol. The van der Waals surface area contributed by atoms with Gasteiger partial charge in [0.1, 0.15) is 10.5 Å². The summed E-state index contributed by atoms with van der Waals surface area (Å²) in [5, 5.41) is 0. The number of hydrogen-bond acceptors (Lipinski definition) is 1. The van der Waals surface area contributed by atoms with Crippen LogP contribution in [0.2, 0.25) is 0 Å². The maximum atomic E-state index is 12.2. The number of rotatable bonds is 7. The third-order valence-electron chi connectivity index (χ3n) is 3.03. The molecule has 0 aromatic carbocycles. The molecule has 0 aliphatic heterocycles. The minimum Gasteiger partial charge on any atom is -0.422 e. The fourth-order valence-corrected chi connectivity index (χ4v) is 2.40. The Kier molecular flexibility index (Phi) is 7.05. The molecule has 0 aliphatic rings. The van der Waals surface area contributed by atoms with Gasteiger partial charge in [0.05, 0.1) is 5.60 Å². The summed E-state index contributed by atoms with van der Waals surface area (Å²) >= 11 is 0. The molecule has 128 valence electrons. The predicted molar refractivity (Wildman–Crippen MR) is 59.6 cm³/mol. The SMILES string of the molecule is FC(F)(F)CCC(CCC(F)(F)F)(CCC(F)(F)F)O[SiH3]. The van der Waals surface area contributed by atoms with Gasteiger partial charge >= 0.3 is 18.5 Å². The molecule has 0 fully saturated rings. The van der Waals surface area contributed by atoms with Crippen molar-refractivity contribution < 1.29 is 43.9 Å². The predicted octanol–water partition coefficient (Wildman–Crippen LogP) is 4.05. The van der Waals surface area contributed by atoms with Crippen molar-refractivity contribution in [2.45, 2.75) is 62.7 Å². The molecule has 0 unspecified atom stereocenters. The van der Waals surface area contributed by atoms with Gasteiger partial charge < -0.3 is 4.43 Å². The van der Waals surface area contributed by atoms with E-state index in [-0.39, 0.29) is 10.5 Å². The molecule has 0 amide bonds. The molecule has 0 saturated heterocycles. The van der Waals surface area contributed by atoms with E-state index in [2.05, 4.69) is 0 Å². The summed E-state index contributed by atoms with van der Waals surface area (Å²) in [4.78, 5) is 0. The van der Waals surface area contributed by atoms with E-state index >= 15 is 0 Å². The van der Waals surface area contributed by atoms with E-state index < -0.39 is 62.7 Å². The van der Waals surface area contributed by atoms with Gasteiger partial charge in [0.25, 0.3) is 0 Å². The van der Waals surface area contributed by atoms with Crippen molar-refractivity contribution >= 4 is 10.5 Å². The summed E-state index contributed by atoms with van der Waals surface area (Å²) in [7, 11) is -0.253. The van der Waals surface area contributed by atoms with E-state index in [4.69, 9.17) is 4.43 Å². The normalized spacial score (nSPS) is 14.7. The number of hydrogen-bond donors (Lipinski definition) is 0. The van der Waals surface area contributed by atoms with E-state index in [0.717, 1.165) is 0 Å². The molecule has 0 bridgehead atoms. The Labute approximate surface area is 118 Å². The molecule has 0 saturated carbocycles. The fraction of sp³-hybridized carbons (Fsp3) is 1.00. The Balaban J connectivity index is 4.91. The van der Waals surface area contributed by atoms with Crippen LogP contribution in [0.25, 0.3) is 0 Å². The smallest absolute Gasteiger partial charge is 0.389 e. The molecule has 0 aliphatic carbocycles. The molecule has 0 aromatic heterocycles. The van der Waals surface area contributed by atoms with Gasteiger partial charge in [-0.05, 0) is 19.3 Å². The lowest BCUT2D eigenvalue weighted by Crippen LogP contribution is -2.36. The topological polar surface area (TPSA) is 9.23 Å². The molecule has 0 N–H and O–H groups in total. The summed E-state index contributed by atoms with van der Waals surface area (Å²) in [6, 6.07) is 0. The van der Waals surface area contributed by atoms with Gasteiger partial charge in [0.2, 0.25) is 0 Å². The zero-order valence-electron chi connectivity index (χ0n) is 11.1. The van der Waals surface area contributed by atoms with Crippen LogP contribution in [0.1, 0.15) is 38.5 Å². The van der Waals surface area contributed by atoms with Crippen molar-refractivity contribution in [3.63, 3.8) is 0 Å². The molecule has 0 rings (SSSR count). The highest BCUT2D eigenvalue weighted by Gasteiger charge is 2.41. The second kappa shape index (κ2) is 7.21. The van der Waals surface area contributed by atoms with Crippen molar-refractivity contribution in [2.24, 2.45) is 0 Å². The lowest BCUT2D eigenvalue weighted by molar-refractivity contribution is -0.167. The molecule has 0 aromatic rings. The second-order valence-electron chi connectivity index (χ2n) is 4.73. The Morgan fingerprint density at radius 2 is 0.762 bits per heavy atom. The van der Waals surface area contributed by atoms with Crippen LogP contribution in [0, 0.1) is 0 Å². The first kappa shape index (κ1) is 20.5. The van der Waals surface area contributed by atoms with Crippen LogP contribution in [-0.4, -0.2) is 34.6 Å². The zero-order valence-corrected chi connectivity index (χ0v) is 13.1. The first-order valence-corrected chi connectivity index (χ1v) is 6.75. The highest BCUT2D eigenvalue weighted by molar-refractivity contribution is 5.98. The third kappa shape index (κ3) is 10.9. The van der Waals surface area contributed by atoms with Crippen LogP contribution in [0.15, 0.2) is 0 Å². The van der Waals surface area contributed by atoms with Crippen LogP contribution in [0.5, 0.6) is 0 Å². The maximum absolute atomic E-state index is 12.2. The van der Waals surface area contributed by atoms with Crippen LogP contribution < -0.4 is 0 Å². The van der Waals surface area contributed by atoms with Crippen molar-refractivity contribution in [2.75, 3.05) is 0 Å². The fourth-order valence-electron chi connectivity index (χ4n) is 1.79. The first-order chi connectivity index (χ1) is 9.18. The Bertz CT molecular complexity index is 262. The van der Waals surface area contributed by atoms with Crippen LogP contribution >= 0.6 is 0 Å². The second-order valence-corrected chi connectivity index (χ2v) is 5.14. The van der Waals surface area contributed by atoms with Crippen molar-refractivity contribution in [1.82, 2.24) is 0 Å². The van der Waals surface area contributed by atoms with Gasteiger partial charge in [-0.25, -0.2) is 0 Å². The van der Waals surface area contributed by atoms with Gasteiger partial charge in [-0.1, -0.05) is 0 Å². The van der Waals surface area contributed by atoms with E-state index in [1.807, 2.05) is 0 Å². The summed E-state index contributed by atoms with van der Waals surface area (Å²) in [5.41, 5.74) is -2.03. The van der Waals surface area contributed by atoms with Crippen LogP contribution in [0.4, 0.5) is 39.5 Å². The Morgan fingerprint density at radius 3 is 0.905 bits per heavy atom. The lowest BCUT2D eigenvalue weighted by Gasteiger charge is -2.34. The van der Waals surface area contributed by atoms with Crippen molar-refractivity contribution in [3.05, 3.63) is 0 Å². The zero-order chi connectivity index (χ0) is 16.9. The van der Waals surface area contributed by atoms with E-state index in [1.54, 1.807) is 0 Å². The quantitative estimate of drug-likeness (QED) is 0.497.